The molecule has 1 aromatic heterocycles. The van der Waals surface area contributed by atoms with Crippen molar-refractivity contribution in [3.05, 3.63) is 87.7 Å². The molecule has 3 aromatic carbocycles. The van der Waals surface area contributed by atoms with Gasteiger partial charge < -0.3 is 23.8 Å². The first-order valence-corrected chi connectivity index (χ1v) is 11.6. The molecule has 0 saturated heterocycles. The number of pyridine rings is 1. The quantitative estimate of drug-likeness (QED) is 0.149. The topological polar surface area (TPSA) is 88.5 Å². The molecule has 0 aliphatic carbocycles. The average Bonchev–Trinajstić information content (AvgIpc) is 2.92. The molecule has 0 spiro atoms. The Morgan fingerprint density at radius 2 is 1.46 bits per heavy atom. The van der Waals surface area contributed by atoms with Crippen molar-refractivity contribution in [3.8, 4) is 23.0 Å². The highest BCUT2D eigenvalue weighted by Gasteiger charge is 2.20. The molecule has 0 aliphatic heterocycles. The number of hydrogen-bond acceptors (Lipinski definition) is 8. The molecule has 0 amide bonds. The second kappa shape index (κ2) is 11.4. The molecule has 0 bridgehead atoms. The van der Waals surface area contributed by atoms with E-state index in [-0.39, 0.29) is 16.3 Å². The summed E-state index contributed by atoms with van der Waals surface area (Å²) < 4.78 is 21.7. The molecule has 0 aliphatic rings. The summed E-state index contributed by atoms with van der Waals surface area (Å²) in [6.07, 6.45) is 1.62. The first kappa shape index (κ1) is 26.1. The van der Waals surface area contributed by atoms with Gasteiger partial charge in [0.25, 0.3) is 0 Å². The molecular weight excluding hydrogens is 519 g/mol. The predicted molar refractivity (Wildman–Crippen MR) is 142 cm³/mol. The van der Waals surface area contributed by atoms with Crippen LogP contribution in [-0.2, 0) is 4.84 Å². The molecule has 37 heavy (non-hydrogen) atoms. The normalized spacial score (nSPS) is 11.2. The molecule has 0 fully saturated rings. The van der Waals surface area contributed by atoms with Gasteiger partial charge in [0.15, 0.2) is 23.0 Å². The number of rotatable bonds is 8. The van der Waals surface area contributed by atoms with Crippen LogP contribution < -0.4 is 18.9 Å². The fourth-order valence-electron chi connectivity index (χ4n) is 3.70. The fraction of sp³-hybridized carbons (Fsp3) is 0.148. The molecule has 0 unspecified atom stereocenters. The Balaban J connectivity index is 1.89. The molecule has 4 aromatic rings. The van der Waals surface area contributed by atoms with E-state index in [0.29, 0.717) is 44.7 Å². The third-order valence-electron chi connectivity index (χ3n) is 5.52. The zero-order valence-corrected chi connectivity index (χ0v) is 21.9. The van der Waals surface area contributed by atoms with Crippen molar-refractivity contribution in [2.24, 2.45) is 5.16 Å². The Morgan fingerprint density at radius 1 is 0.784 bits per heavy atom. The van der Waals surface area contributed by atoms with E-state index in [1.807, 2.05) is 12.1 Å². The van der Waals surface area contributed by atoms with E-state index in [2.05, 4.69) is 10.1 Å². The number of ether oxygens (including phenoxy) is 4. The summed E-state index contributed by atoms with van der Waals surface area (Å²) >= 11 is 12.1. The minimum Gasteiger partial charge on any atom is -0.493 e. The van der Waals surface area contributed by atoms with Crippen LogP contribution in [0.15, 0.2) is 65.9 Å². The van der Waals surface area contributed by atoms with Crippen molar-refractivity contribution in [2.45, 2.75) is 0 Å². The Kier molecular flexibility index (Phi) is 8.01. The second-order valence-corrected chi connectivity index (χ2v) is 8.44. The molecule has 0 radical (unpaired) electrons. The molecule has 10 heteroatoms. The van der Waals surface area contributed by atoms with Gasteiger partial charge in [-0.1, -0.05) is 28.4 Å². The lowest BCUT2D eigenvalue weighted by Crippen LogP contribution is -2.11. The molecule has 8 nitrogen and oxygen atoms in total. The summed E-state index contributed by atoms with van der Waals surface area (Å²) in [5.74, 6) is 1.27. The van der Waals surface area contributed by atoms with Gasteiger partial charge in [-0.15, -0.1) is 0 Å². The molecule has 1 heterocycles. The standard InChI is InChI=1S/C27H22Cl2N2O6/c1-33-21-8-5-16(12-22(21)34-2)25(31-37-27(32)18-7-6-17(28)13-20(18)29)26-19-14-24(36-4)23(35-3)11-15(19)9-10-30-26/h5-14H,1-4H3/b31-25+. The van der Waals surface area contributed by atoms with Gasteiger partial charge in [-0.05, 0) is 60.0 Å². The van der Waals surface area contributed by atoms with E-state index >= 15 is 0 Å². The summed E-state index contributed by atoms with van der Waals surface area (Å²) in [5, 5.41) is 6.25. The summed E-state index contributed by atoms with van der Waals surface area (Å²) in [6.45, 7) is 0. The molecular formula is C27H22Cl2N2O6. The highest BCUT2D eigenvalue weighted by Crippen LogP contribution is 2.35. The van der Waals surface area contributed by atoms with Crippen LogP contribution in [-0.4, -0.2) is 45.1 Å². The number of halogens is 2. The lowest BCUT2D eigenvalue weighted by molar-refractivity contribution is 0.0517. The largest absolute Gasteiger partial charge is 0.493 e. The highest BCUT2D eigenvalue weighted by atomic mass is 35.5. The lowest BCUT2D eigenvalue weighted by atomic mass is 10.0. The van der Waals surface area contributed by atoms with Gasteiger partial charge >= 0.3 is 5.97 Å². The Bertz CT molecular complexity index is 1510. The van der Waals surface area contributed by atoms with E-state index in [9.17, 15) is 4.79 Å². The fourth-order valence-corrected chi connectivity index (χ4v) is 4.18. The van der Waals surface area contributed by atoms with Gasteiger partial charge in [0.2, 0.25) is 0 Å². The van der Waals surface area contributed by atoms with Crippen molar-refractivity contribution in [1.82, 2.24) is 4.98 Å². The number of nitrogens with zero attached hydrogens (tertiary/aromatic N) is 2. The summed E-state index contributed by atoms with van der Waals surface area (Å²) in [7, 11) is 6.16. The highest BCUT2D eigenvalue weighted by molar-refractivity contribution is 6.36. The molecule has 190 valence electrons. The predicted octanol–water partition coefficient (Wildman–Crippen LogP) is 6.19. The number of hydrogen-bond donors (Lipinski definition) is 0. The van der Waals surface area contributed by atoms with Crippen molar-refractivity contribution in [3.63, 3.8) is 0 Å². The Morgan fingerprint density at radius 3 is 2.14 bits per heavy atom. The van der Waals surface area contributed by atoms with Gasteiger partial charge in [-0.2, -0.15) is 0 Å². The zero-order chi connectivity index (χ0) is 26.5. The van der Waals surface area contributed by atoms with Crippen LogP contribution in [0.3, 0.4) is 0 Å². The van der Waals surface area contributed by atoms with Gasteiger partial charge in [0.05, 0.1) is 39.0 Å². The van der Waals surface area contributed by atoms with Crippen LogP contribution in [0.25, 0.3) is 10.8 Å². The van der Waals surface area contributed by atoms with E-state index in [1.54, 1.807) is 44.7 Å². The van der Waals surface area contributed by atoms with Crippen molar-refractivity contribution in [2.75, 3.05) is 28.4 Å². The van der Waals surface area contributed by atoms with Crippen molar-refractivity contribution >= 4 is 45.7 Å². The maximum absolute atomic E-state index is 12.9. The first-order chi connectivity index (χ1) is 17.9. The maximum Gasteiger partial charge on any atom is 0.367 e. The van der Waals surface area contributed by atoms with Crippen LogP contribution in [0.2, 0.25) is 10.0 Å². The van der Waals surface area contributed by atoms with E-state index in [1.165, 1.54) is 32.4 Å². The van der Waals surface area contributed by atoms with Crippen LogP contribution in [0, 0.1) is 0 Å². The van der Waals surface area contributed by atoms with E-state index in [0.717, 1.165) is 5.39 Å². The Hall–Kier alpha value is -4.01. The Labute approximate surface area is 223 Å². The number of oxime groups is 1. The van der Waals surface area contributed by atoms with Crippen LogP contribution in [0.1, 0.15) is 21.6 Å². The zero-order valence-electron chi connectivity index (χ0n) is 20.4. The summed E-state index contributed by atoms with van der Waals surface area (Å²) in [6, 6.07) is 15.1. The number of carbonyl (C=O) groups excluding carboxylic acids is 1. The number of methoxy groups -OCH3 is 4. The third-order valence-corrected chi connectivity index (χ3v) is 6.07. The number of fused-ring (bicyclic) bond motifs is 1. The minimum atomic E-state index is -0.765. The van der Waals surface area contributed by atoms with Crippen molar-refractivity contribution < 1.29 is 28.6 Å². The number of aromatic nitrogens is 1. The molecule has 0 N–H and O–H groups in total. The number of carbonyl (C=O) groups is 1. The van der Waals surface area contributed by atoms with Gasteiger partial charge in [0.1, 0.15) is 11.4 Å². The van der Waals surface area contributed by atoms with E-state index < -0.39 is 5.97 Å². The SMILES string of the molecule is COc1ccc(/C(=N\OC(=O)c2ccc(Cl)cc2Cl)c2nccc3cc(OC)c(OC)cc23)cc1OC. The third kappa shape index (κ3) is 5.40. The first-order valence-electron chi connectivity index (χ1n) is 10.9. The maximum atomic E-state index is 12.9. The average molecular weight is 541 g/mol. The molecule has 4 rings (SSSR count). The van der Waals surface area contributed by atoms with Gasteiger partial charge in [-0.25, -0.2) is 4.79 Å². The smallest absolute Gasteiger partial charge is 0.367 e. The number of benzene rings is 3. The van der Waals surface area contributed by atoms with Crippen LogP contribution in [0.4, 0.5) is 0 Å². The van der Waals surface area contributed by atoms with Gasteiger partial charge in [0, 0.05) is 22.2 Å². The monoisotopic (exact) mass is 540 g/mol. The summed E-state index contributed by atoms with van der Waals surface area (Å²) in [5.41, 5.74) is 1.36. The van der Waals surface area contributed by atoms with Gasteiger partial charge in [-0.3, -0.25) is 4.98 Å². The van der Waals surface area contributed by atoms with E-state index in [4.69, 9.17) is 47.0 Å². The molecule has 0 atom stereocenters. The summed E-state index contributed by atoms with van der Waals surface area (Å²) in [4.78, 5) is 22.8. The lowest BCUT2D eigenvalue weighted by Gasteiger charge is -2.14. The minimum absolute atomic E-state index is 0.110. The van der Waals surface area contributed by atoms with Crippen molar-refractivity contribution in [1.29, 1.82) is 0 Å². The van der Waals surface area contributed by atoms with Crippen LogP contribution in [0.5, 0.6) is 23.0 Å². The van der Waals surface area contributed by atoms with Crippen LogP contribution >= 0.6 is 23.2 Å². The second-order valence-electron chi connectivity index (χ2n) is 7.60. The molecule has 0 saturated carbocycles.